The second-order valence-corrected chi connectivity index (χ2v) is 8.82. The average Bonchev–Trinajstić information content (AvgIpc) is 3.40. The third-order valence-corrected chi connectivity index (χ3v) is 6.31. The highest BCUT2D eigenvalue weighted by Crippen LogP contribution is 2.31. The Bertz CT molecular complexity index is 1150. The highest BCUT2D eigenvalue weighted by molar-refractivity contribution is 7.10. The van der Waals surface area contributed by atoms with Crippen LogP contribution in [-0.2, 0) is 0 Å². The summed E-state index contributed by atoms with van der Waals surface area (Å²) in [6.07, 6.45) is 0. The molecule has 1 N–H and O–H groups in total. The number of carbonyl (C=O) groups is 3. The molecule has 1 aliphatic rings. The van der Waals surface area contributed by atoms with E-state index in [1.54, 1.807) is 47.7 Å². The predicted octanol–water partition coefficient (Wildman–Crippen LogP) is 5.07. The zero-order valence-electron chi connectivity index (χ0n) is 18.1. The van der Waals surface area contributed by atoms with Crippen LogP contribution in [-0.4, -0.2) is 24.3 Å². The minimum absolute atomic E-state index is 0.131. The summed E-state index contributed by atoms with van der Waals surface area (Å²) in [4.78, 5) is 41.1. The number of ether oxygens (including phenoxy) is 1. The van der Waals surface area contributed by atoms with Crippen LogP contribution in [0.2, 0.25) is 0 Å². The average molecular weight is 449 g/mol. The summed E-state index contributed by atoms with van der Waals surface area (Å²) in [6.45, 7) is 6.51. The van der Waals surface area contributed by atoms with E-state index in [4.69, 9.17) is 4.74 Å². The van der Waals surface area contributed by atoms with Crippen molar-refractivity contribution in [2.75, 3.05) is 11.5 Å². The Morgan fingerprint density at radius 3 is 2.38 bits per heavy atom. The molecule has 0 radical (unpaired) electrons. The number of nitrogens with one attached hydrogen (secondary N) is 1. The van der Waals surface area contributed by atoms with Crippen molar-refractivity contribution in [3.05, 3.63) is 81.5 Å². The third kappa shape index (κ3) is 4.03. The SMILES string of the molecule is CCOc1ccc(N2C(=O)c3ccc(C(=O)NC(c4cccs4)C(C)C)cc3C2=O)cc1. The van der Waals surface area contributed by atoms with Gasteiger partial charge in [-0.3, -0.25) is 14.4 Å². The number of benzene rings is 2. The predicted molar refractivity (Wildman–Crippen MR) is 125 cm³/mol. The van der Waals surface area contributed by atoms with Gasteiger partial charge in [0.2, 0.25) is 0 Å². The van der Waals surface area contributed by atoms with Crippen molar-refractivity contribution in [3.63, 3.8) is 0 Å². The van der Waals surface area contributed by atoms with Crippen molar-refractivity contribution in [1.82, 2.24) is 5.32 Å². The molecule has 3 amide bonds. The fraction of sp³-hybridized carbons (Fsp3) is 0.240. The zero-order valence-corrected chi connectivity index (χ0v) is 18.9. The number of hydrogen-bond acceptors (Lipinski definition) is 5. The van der Waals surface area contributed by atoms with Gasteiger partial charge in [-0.05, 0) is 66.8 Å². The zero-order chi connectivity index (χ0) is 22.8. The summed E-state index contributed by atoms with van der Waals surface area (Å²) in [6, 6.07) is 15.3. The number of anilines is 1. The molecule has 2 aromatic carbocycles. The van der Waals surface area contributed by atoms with E-state index >= 15 is 0 Å². The van der Waals surface area contributed by atoms with Crippen LogP contribution in [0.1, 0.15) is 62.8 Å². The van der Waals surface area contributed by atoms with Crippen molar-refractivity contribution in [2.45, 2.75) is 26.8 Å². The Kier molecular flexibility index (Phi) is 6.10. The Balaban J connectivity index is 1.58. The highest BCUT2D eigenvalue weighted by atomic mass is 32.1. The van der Waals surface area contributed by atoms with Crippen LogP contribution >= 0.6 is 11.3 Å². The normalized spacial score (nSPS) is 13.9. The van der Waals surface area contributed by atoms with E-state index in [9.17, 15) is 14.4 Å². The molecule has 1 aliphatic heterocycles. The topological polar surface area (TPSA) is 75.7 Å². The van der Waals surface area contributed by atoms with E-state index in [0.29, 0.717) is 29.2 Å². The van der Waals surface area contributed by atoms with Crippen molar-refractivity contribution in [2.24, 2.45) is 5.92 Å². The third-order valence-electron chi connectivity index (χ3n) is 5.36. The van der Waals surface area contributed by atoms with E-state index in [2.05, 4.69) is 5.32 Å². The fourth-order valence-electron chi connectivity index (χ4n) is 3.73. The standard InChI is InChI=1S/C25H24N2O4S/c1-4-31-18-10-8-17(9-11-18)27-24(29)19-12-7-16(14-20(19)25(27)30)23(28)26-22(15(2)3)21-6-5-13-32-21/h5-15,22H,4H2,1-3H3,(H,26,28). The number of rotatable bonds is 7. The maximum absolute atomic E-state index is 13.1. The number of fused-ring (bicyclic) bond motifs is 1. The fourth-order valence-corrected chi connectivity index (χ4v) is 4.68. The van der Waals surface area contributed by atoms with Gasteiger partial charge >= 0.3 is 0 Å². The first-order chi connectivity index (χ1) is 15.4. The van der Waals surface area contributed by atoms with Gasteiger partial charge in [0, 0.05) is 10.4 Å². The smallest absolute Gasteiger partial charge is 0.266 e. The van der Waals surface area contributed by atoms with Gasteiger partial charge in [-0.1, -0.05) is 19.9 Å². The van der Waals surface area contributed by atoms with Crippen molar-refractivity contribution >= 4 is 34.7 Å². The Morgan fingerprint density at radius 1 is 1.03 bits per heavy atom. The van der Waals surface area contributed by atoms with E-state index in [0.717, 1.165) is 9.78 Å². The largest absolute Gasteiger partial charge is 0.494 e. The summed E-state index contributed by atoms with van der Waals surface area (Å²) in [5, 5.41) is 5.04. The second-order valence-electron chi connectivity index (χ2n) is 7.84. The molecule has 6 nitrogen and oxygen atoms in total. The van der Waals surface area contributed by atoms with Crippen molar-refractivity contribution < 1.29 is 19.1 Å². The molecule has 0 saturated heterocycles. The van der Waals surface area contributed by atoms with Gasteiger partial charge in [0.1, 0.15) is 5.75 Å². The molecule has 0 aliphatic carbocycles. The molecule has 0 bridgehead atoms. The van der Waals surface area contributed by atoms with Crippen LogP contribution in [0.25, 0.3) is 0 Å². The lowest BCUT2D eigenvalue weighted by atomic mass is 10.0. The maximum atomic E-state index is 13.1. The molecule has 2 heterocycles. The van der Waals surface area contributed by atoms with Crippen molar-refractivity contribution in [3.8, 4) is 5.75 Å². The molecule has 1 aromatic heterocycles. The quantitative estimate of drug-likeness (QED) is 0.512. The molecule has 32 heavy (non-hydrogen) atoms. The van der Waals surface area contributed by atoms with Crippen LogP contribution in [0, 0.1) is 5.92 Å². The summed E-state index contributed by atoms with van der Waals surface area (Å²) < 4.78 is 5.42. The molecule has 1 unspecified atom stereocenters. The molecular weight excluding hydrogens is 424 g/mol. The number of thiophene rings is 1. The summed E-state index contributed by atoms with van der Waals surface area (Å²) >= 11 is 1.59. The molecule has 7 heteroatoms. The Hall–Kier alpha value is -3.45. The summed E-state index contributed by atoms with van der Waals surface area (Å²) in [7, 11) is 0. The van der Waals surface area contributed by atoms with E-state index in [1.165, 1.54) is 6.07 Å². The van der Waals surface area contributed by atoms with Crippen LogP contribution in [0.3, 0.4) is 0 Å². The molecular formula is C25H24N2O4S. The highest BCUT2D eigenvalue weighted by Gasteiger charge is 2.37. The van der Waals surface area contributed by atoms with Gasteiger partial charge in [-0.25, -0.2) is 4.90 Å². The van der Waals surface area contributed by atoms with Crippen molar-refractivity contribution in [1.29, 1.82) is 0 Å². The monoisotopic (exact) mass is 448 g/mol. The van der Waals surface area contributed by atoms with E-state index in [1.807, 2.05) is 38.3 Å². The molecule has 0 fully saturated rings. The first-order valence-electron chi connectivity index (χ1n) is 10.5. The van der Waals surface area contributed by atoms with Gasteiger partial charge in [0.05, 0.1) is 29.5 Å². The number of imide groups is 1. The van der Waals surface area contributed by atoms with Gasteiger partial charge in [-0.2, -0.15) is 0 Å². The van der Waals surface area contributed by atoms with Gasteiger partial charge in [0.25, 0.3) is 17.7 Å². The number of amides is 3. The van der Waals surface area contributed by atoms with Crippen LogP contribution < -0.4 is 15.0 Å². The number of nitrogens with zero attached hydrogens (tertiary/aromatic N) is 1. The van der Waals surface area contributed by atoms with E-state index in [-0.39, 0.29) is 23.4 Å². The Morgan fingerprint density at radius 2 is 1.75 bits per heavy atom. The Labute approximate surface area is 190 Å². The first kappa shape index (κ1) is 21.8. The van der Waals surface area contributed by atoms with Gasteiger partial charge < -0.3 is 10.1 Å². The minimum atomic E-state index is -0.442. The van der Waals surface area contributed by atoms with Crippen LogP contribution in [0.4, 0.5) is 5.69 Å². The van der Waals surface area contributed by atoms with Gasteiger partial charge in [-0.15, -0.1) is 11.3 Å². The number of hydrogen-bond donors (Lipinski definition) is 1. The van der Waals surface area contributed by atoms with Gasteiger partial charge in [0.15, 0.2) is 0 Å². The molecule has 164 valence electrons. The molecule has 3 aromatic rings. The minimum Gasteiger partial charge on any atom is -0.494 e. The lowest BCUT2D eigenvalue weighted by molar-refractivity contribution is 0.0917. The molecule has 0 saturated carbocycles. The molecule has 0 spiro atoms. The van der Waals surface area contributed by atoms with Crippen LogP contribution in [0.5, 0.6) is 5.75 Å². The lowest BCUT2D eigenvalue weighted by Gasteiger charge is -2.21. The second kappa shape index (κ2) is 8.96. The lowest BCUT2D eigenvalue weighted by Crippen LogP contribution is -2.31. The number of carbonyl (C=O) groups excluding carboxylic acids is 3. The van der Waals surface area contributed by atoms with E-state index < -0.39 is 11.8 Å². The summed E-state index contributed by atoms with van der Waals surface area (Å²) in [5.74, 6) is -0.260. The maximum Gasteiger partial charge on any atom is 0.266 e. The molecule has 4 rings (SSSR count). The summed E-state index contributed by atoms with van der Waals surface area (Å²) in [5.41, 5.74) is 1.33. The van der Waals surface area contributed by atoms with Crippen LogP contribution in [0.15, 0.2) is 60.0 Å². The first-order valence-corrected chi connectivity index (χ1v) is 11.4. The molecule has 1 atom stereocenters.